The molecule has 0 saturated heterocycles. The van der Waals surface area contributed by atoms with Crippen molar-refractivity contribution in [1.29, 1.82) is 0 Å². The number of hydrogen-bond acceptors (Lipinski definition) is 2. The highest BCUT2D eigenvalue weighted by Crippen LogP contribution is 2.26. The summed E-state index contributed by atoms with van der Waals surface area (Å²) in [7, 11) is 0. The molecule has 1 fully saturated rings. The van der Waals surface area contributed by atoms with Gasteiger partial charge in [0.2, 0.25) is 0 Å². The minimum absolute atomic E-state index is 0.419. The quantitative estimate of drug-likeness (QED) is 0.865. The van der Waals surface area contributed by atoms with Crippen LogP contribution in [0.5, 0.6) is 0 Å². The van der Waals surface area contributed by atoms with Crippen molar-refractivity contribution in [3.8, 4) is 0 Å². The topological polar surface area (TPSA) is 29.3 Å². The number of hydrogen-bond donors (Lipinski definition) is 1. The summed E-state index contributed by atoms with van der Waals surface area (Å²) in [4.78, 5) is 2.56. The smallest absolute Gasteiger partial charge is 0.0236 e. The van der Waals surface area contributed by atoms with Crippen molar-refractivity contribution in [2.45, 2.75) is 51.7 Å². The van der Waals surface area contributed by atoms with Crippen molar-refractivity contribution in [3.63, 3.8) is 0 Å². The molecule has 1 aliphatic carbocycles. The summed E-state index contributed by atoms with van der Waals surface area (Å²) in [6.45, 7) is 6.75. The molecule has 2 heteroatoms. The molecule has 0 aliphatic heterocycles. The molecule has 0 radical (unpaired) electrons. The highest BCUT2D eigenvalue weighted by molar-refractivity contribution is 5.14. The fraction of sp³-hybridized carbons (Fsp3) is 0.625. The van der Waals surface area contributed by atoms with Crippen LogP contribution in [0.2, 0.25) is 0 Å². The largest absolute Gasteiger partial charge is 0.327 e. The van der Waals surface area contributed by atoms with E-state index in [1.807, 2.05) is 0 Å². The van der Waals surface area contributed by atoms with Gasteiger partial charge in [-0.05, 0) is 38.2 Å². The first-order valence-electron chi connectivity index (χ1n) is 7.20. The fourth-order valence-electron chi connectivity index (χ4n) is 2.87. The molecule has 0 bridgehead atoms. The van der Waals surface area contributed by atoms with Gasteiger partial charge >= 0.3 is 0 Å². The van der Waals surface area contributed by atoms with Gasteiger partial charge in [-0.2, -0.15) is 0 Å². The average molecular weight is 246 g/mol. The van der Waals surface area contributed by atoms with Crippen molar-refractivity contribution in [2.75, 3.05) is 6.54 Å². The molecule has 0 heterocycles. The monoisotopic (exact) mass is 246 g/mol. The average Bonchev–Trinajstić information content (AvgIpc) is 2.75. The Kier molecular flexibility index (Phi) is 4.79. The Balaban J connectivity index is 1.96. The van der Waals surface area contributed by atoms with E-state index in [2.05, 4.69) is 49.1 Å². The summed E-state index contributed by atoms with van der Waals surface area (Å²) >= 11 is 0. The molecule has 2 atom stereocenters. The molecule has 0 amide bonds. The van der Waals surface area contributed by atoms with Gasteiger partial charge in [-0.1, -0.05) is 36.8 Å². The molecule has 1 aromatic rings. The normalized spacial score (nSPS) is 24.1. The van der Waals surface area contributed by atoms with Crippen LogP contribution >= 0.6 is 0 Å². The second-order valence-corrected chi connectivity index (χ2v) is 5.86. The van der Waals surface area contributed by atoms with Gasteiger partial charge < -0.3 is 5.73 Å². The maximum Gasteiger partial charge on any atom is 0.0236 e. The van der Waals surface area contributed by atoms with E-state index in [0.29, 0.717) is 18.0 Å². The lowest BCUT2D eigenvalue weighted by Gasteiger charge is -2.30. The minimum atomic E-state index is 0.419. The van der Waals surface area contributed by atoms with E-state index >= 15 is 0 Å². The van der Waals surface area contributed by atoms with Crippen LogP contribution in [0, 0.1) is 5.92 Å². The molecular formula is C16H26N2. The zero-order valence-corrected chi connectivity index (χ0v) is 11.7. The van der Waals surface area contributed by atoms with Crippen LogP contribution in [0.15, 0.2) is 30.3 Å². The van der Waals surface area contributed by atoms with Crippen molar-refractivity contribution in [1.82, 2.24) is 4.90 Å². The lowest BCUT2D eigenvalue weighted by atomic mass is 10.0. The Bertz CT molecular complexity index is 347. The van der Waals surface area contributed by atoms with Crippen molar-refractivity contribution < 1.29 is 0 Å². The first-order valence-corrected chi connectivity index (χ1v) is 7.20. The van der Waals surface area contributed by atoms with Crippen molar-refractivity contribution in [2.24, 2.45) is 11.7 Å². The first kappa shape index (κ1) is 13.6. The highest BCUT2D eigenvalue weighted by Gasteiger charge is 2.26. The van der Waals surface area contributed by atoms with Crippen LogP contribution in [0.1, 0.15) is 38.7 Å². The summed E-state index contributed by atoms with van der Waals surface area (Å²) in [5.74, 6) is 0.691. The molecule has 0 aromatic heterocycles. The molecule has 2 rings (SSSR count). The van der Waals surface area contributed by atoms with Crippen molar-refractivity contribution >= 4 is 0 Å². The van der Waals surface area contributed by atoms with Gasteiger partial charge in [0.05, 0.1) is 0 Å². The summed E-state index contributed by atoms with van der Waals surface area (Å²) in [6, 6.07) is 11.7. The number of rotatable bonds is 5. The SMILES string of the molecule is CC(C)N(Cc1ccccc1)CC1CCCC1N. The van der Waals surface area contributed by atoms with Crippen LogP contribution in [0.25, 0.3) is 0 Å². The van der Waals surface area contributed by atoms with E-state index in [0.717, 1.165) is 13.1 Å². The van der Waals surface area contributed by atoms with Crippen LogP contribution < -0.4 is 5.73 Å². The molecule has 1 aliphatic rings. The third-order valence-corrected chi connectivity index (χ3v) is 4.15. The van der Waals surface area contributed by atoms with E-state index in [4.69, 9.17) is 5.73 Å². The lowest BCUT2D eigenvalue weighted by molar-refractivity contribution is 0.173. The molecule has 2 N–H and O–H groups in total. The first-order chi connectivity index (χ1) is 8.66. The third kappa shape index (κ3) is 3.56. The Hall–Kier alpha value is -0.860. The molecule has 2 nitrogen and oxygen atoms in total. The number of benzene rings is 1. The van der Waals surface area contributed by atoms with E-state index in [9.17, 15) is 0 Å². The molecular weight excluding hydrogens is 220 g/mol. The van der Waals surface area contributed by atoms with Crippen LogP contribution in [-0.2, 0) is 6.54 Å². The van der Waals surface area contributed by atoms with Gasteiger partial charge in [0, 0.05) is 25.2 Å². The second kappa shape index (κ2) is 6.35. The maximum atomic E-state index is 6.19. The Morgan fingerprint density at radius 1 is 1.22 bits per heavy atom. The lowest BCUT2D eigenvalue weighted by Crippen LogP contribution is -2.39. The van der Waals surface area contributed by atoms with E-state index in [1.54, 1.807) is 0 Å². The van der Waals surface area contributed by atoms with Gasteiger partial charge in [0.1, 0.15) is 0 Å². The Morgan fingerprint density at radius 2 is 1.94 bits per heavy atom. The summed E-state index contributed by atoms with van der Waals surface area (Å²) in [6.07, 6.45) is 3.82. The predicted molar refractivity (Wildman–Crippen MR) is 77.3 cm³/mol. The summed E-state index contributed by atoms with van der Waals surface area (Å²) in [5.41, 5.74) is 7.59. The standard InChI is InChI=1S/C16H26N2/c1-13(2)18(11-14-7-4-3-5-8-14)12-15-9-6-10-16(15)17/h3-5,7-8,13,15-16H,6,9-12,17H2,1-2H3. The van der Waals surface area contributed by atoms with Gasteiger partial charge in [-0.15, -0.1) is 0 Å². The van der Waals surface area contributed by atoms with Crippen LogP contribution in [-0.4, -0.2) is 23.5 Å². The Labute approximate surface area is 111 Å². The Morgan fingerprint density at radius 3 is 2.50 bits per heavy atom. The van der Waals surface area contributed by atoms with Gasteiger partial charge in [0.25, 0.3) is 0 Å². The molecule has 1 saturated carbocycles. The van der Waals surface area contributed by atoms with Gasteiger partial charge in [-0.25, -0.2) is 0 Å². The zero-order valence-electron chi connectivity index (χ0n) is 11.7. The van der Waals surface area contributed by atoms with Crippen LogP contribution in [0.4, 0.5) is 0 Å². The second-order valence-electron chi connectivity index (χ2n) is 5.86. The molecule has 0 spiro atoms. The molecule has 100 valence electrons. The van der Waals surface area contributed by atoms with E-state index in [1.165, 1.54) is 24.8 Å². The third-order valence-electron chi connectivity index (χ3n) is 4.15. The van der Waals surface area contributed by atoms with Gasteiger partial charge in [0.15, 0.2) is 0 Å². The number of nitrogens with zero attached hydrogens (tertiary/aromatic N) is 1. The fourth-order valence-corrected chi connectivity index (χ4v) is 2.87. The molecule has 18 heavy (non-hydrogen) atoms. The molecule has 1 aromatic carbocycles. The predicted octanol–water partition coefficient (Wildman–Crippen LogP) is 3.02. The highest BCUT2D eigenvalue weighted by atomic mass is 15.1. The van der Waals surface area contributed by atoms with Crippen molar-refractivity contribution in [3.05, 3.63) is 35.9 Å². The molecule has 2 unspecified atom stereocenters. The maximum absolute atomic E-state index is 6.19. The number of nitrogens with two attached hydrogens (primary N) is 1. The van der Waals surface area contributed by atoms with E-state index in [-0.39, 0.29) is 0 Å². The minimum Gasteiger partial charge on any atom is -0.327 e. The summed E-state index contributed by atoms with van der Waals surface area (Å²) in [5, 5.41) is 0. The zero-order chi connectivity index (χ0) is 13.0. The van der Waals surface area contributed by atoms with E-state index < -0.39 is 0 Å². The summed E-state index contributed by atoms with van der Waals surface area (Å²) < 4.78 is 0. The van der Waals surface area contributed by atoms with Crippen LogP contribution in [0.3, 0.4) is 0 Å². The van der Waals surface area contributed by atoms with Gasteiger partial charge in [-0.3, -0.25) is 4.90 Å².